The summed E-state index contributed by atoms with van der Waals surface area (Å²) in [6, 6.07) is 11.3. The molecule has 1 aliphatic rings. The van der Waals surface area contributed by atoms with Gasteiger partial charge in [0.05, 0.1) is 39.2 Å². The second-order valence-corrected chi connectivity index (χ2v) is 7.00. The highest BCUT2D eigenvalue weighted by Gasteiger charge is 2.32. The van der Waals surface area contributed by atoms with E-state index in [0.717, 1.165) is 0 Å². The smallest absolute Gasteiger partial charge is 0.355 e. The molecule has 0 radical (unpaired) electrons. The van der Waals surface area contributed by atoms with Crippen molar-refractivity contribution < 1.29 is 33.3 Å². The number of hydrogen-bond donors (Lipinski definition) is 1. The van der Waals surface area contributed by atoms with Gasteiger partial charge in [0.2, 0.25) is 0 Å². The molecule has 0 spiro atoms. The molecular weight excluding hydrogens is 440 g/mol. The van der Waals surface area contributed by atoms with Gasteiger partial charge in [-0.05, 0) is 36.4 Å². The lowest BCUT2D eigenvalue weighted by Gasteiger charge is -2.31. The van der Waals surface area contributed by atoms with Crippen LogP contribution in [0, 0.1) is 0 Å². The fourth-order valence-corrected chi connectivity index (χ4v) is 3.31. The summed E-state index contributed by atoms with van der Waals surface area (Å²) in [5, 5.41) is 3.19. The maximum atomic E-state index is 12.9. The molecule has 0 bridgehead atoms. The molecule has 0 saturated carbocycles. The van der Waals surface area contributed by atoms with Crippen LogP contribution in [0.3, 0.4) is 0 Å². The van der Waals surface area contributed by atoms with Gasteiger partial charge in [-0.1, -0.05) is 17.7 Å². The van der Waals surface area contributed by atoms with Crippen LogP contribution in [-0.2, 0) is 23.8 Å². The molecule has 3 rings (SSSR count). The van der Waals surface area contributed by atoms with Crippen molar-refractivity contribution >= 4 is 40.8 Å². The Balaban J connectivity index is 1.96. The molecule has 0 unspecified atom stereocenters. The zero-order valence-corrected chi connectivity index (χ0v) is 18.4. The minimum absolute atomic E-state index is 0.0142. The third-order valence-electron chi connectivity index (χ3n) is 4.66. The van der Waals surface area contributed by atoms with Crippen LogP contribution < -0.4 is 15.0 Å². The molecule has 32 heavy (non-hydrogen) atoms. The van der Waals surface area contributed by atoms with Gasteiger partial charge in [0.15, 0.2) is 0 Å². The van der Waals surface area contributed by atoms with Gasteiger partial charge in [-0.2, -0.15) is 0 Å². The molecule has 0 aliphatic carbocycles. The second-order valence-electron chi connectivity index (χ2n) is 6.56. The molecule has 0 atom stereocenters. The van der Waals surface area contributed by atoms with E-state index in [-0.39, 0.29) is 24.6 Å². The highest BCUT2D eigenvalue weighted by Crippen LogP contribution is 2.30. The van der Waals surface area contributed by atoms with Gasteiger partial charge in [0, 0.05) is 16.3 Å². The zero-order valence-electron chi connectivity index (χ0n) is 17.6. The summed E-state index contributed by atoms with van der Waals surface area (Å²) in [6.45, 7) is -0.138. The SMILES string of the molecule is COC(=O)C1=C(C(=O)OC)N(c2cccc(C(=O)Nc3cc(Cl)ccc3OC)c2)COC1. The van der Waals surface area contributed by atoms with E-state index in [9.17, 15) is 14.4 Å². The topological polar surface area (TPSA) is 103 Å². The Morgan fingerprint density at radius 3 is 2.47 bits per heavy atom. The van der Waals surface area contributed by atoms with Crippen LogP contribution >= 0.6 is 11.6 Å². The van der Waals surface area contributed by atoms with E-state index in [1.807, 2.05) is 0 Å². The van der Waals surface area contributed by atoms with Crippen molar-refractivity contribution in [2.75, 3.05) is 44.9 Å². The summed E-state index contributed by atoms with van der Waals surface area (Å²) in [5.41, 5.74) is 1.14. The number of halogens is 1. The number of esters is 2. The number of hydrogen-bond acceptors (Lipinski definition) is 8. The molecular formula is C22H21ClN2O7. The summed E-state index contributed by atoms with van der Waals surface area (Å²) in [4.78, 5) is 38.9. The van der Waals surface area contributed by atoms with Crippen LogP contribution in [-0.4, -0.2) is 52.5 Å². The quantitative estimate of drug-likeness (QED) is 0.656. The average molecular weight is 461 g/mol. The van der Waals surface area contributed by atoms with Gasteiger partial charge in [0.1, 0.15) is 18.2 Å². The van der Waals surface area contributed by atoms with Gasteiger partial charge in [0.25, 0.3) is 5.91 Å². The number of nitrogens with one attached hydrogen (secondary N) is 1. The Bertz CT molecular complexity index is 1080. The molecule has 1 amide bonds. The second kappa shape index (κ2) is 10.2. The third-order valence-corrected chi connectivity index (χ3v) is 4.90. The number of nitrogens with zero attached hydrogens (tertiary/aromatic N) is 1. The first-order valence-electron chi connectivity index (χ1n) is 9.39. The van der Waals surface area contributed by atoms with E-state index in [4.69, 9.17) is 30.5 Å². The minimum atomic E-state index is -0.729. The number of ether oxygens (including phenoxy) is 4. The fraction of sp³-hybridized carbons (Fsp3) is 0.227. The summed E-state index contributed by atoms with van der Waals surface area (Å²) in [6.07, 6.45) is 0. The predicted octanol–water partition coefficient (Wildman–Crippen LogP) is 3.00. The first-order valence-corrected chi connectivity index (χ1v) is 9.77. The predicted molar refractivity (Wildman–Crippen MR) is 117 cm³/mol. The van der Waals surface area contributed by atoms with Crippen LogP contribution in [0.25, 0.3) is 0 Å². The van der Waals surface area contributed by atoms with Crippen LogP contribution in [0.2, 0.25) is 5.02 Å². The number of carbonyl (C=O) groups excluding carboxylic acids is 3. The average Bonchev–Trinajstić information content (AvgIpc) is 2.82. The Hall–Kier alpha value is -3.56. The van der Waals surface area contributed by atoms with Crippen LogP contribution in [0.5, 0.6) is 5.75 Å². The van der Waals surface area contributed by atoms with E-state index in [0.29, 0.717) is 27.7 Å². The van der Waals surface area contributed by atoms with Gasteiger partial charge in [-0.25, -0.2) is 9.59 Å². The molecule has 168 valence electrons. The van der Waals surface area contributed by atoms with Gasteiger partial charge in [-0.15, -0.1) is 0 Å². The molecule has 2 aromatic rings. The highest BCUT2D eigenvalue weighted by atomic mass is 35.5. The number of rotatable bonds is 6. The third kappa shape index (κ3) is 4.84. The maximum absolute atomic E-state index is 12.9. The zero-order chi connectivity index (χ0) is 23.3. The number of carbonyl (C=O) groups is 3. The minimum Gasteiger partial charge on any atom is -0.495 e. The fourth-order valence-electron chi connectivity index (χ4n) is 3.13. The standard InChI is InChI=1S/C22H21ClN2O7/c1-29-18-8-7-14(23)10-17(18)24-20(26)13-5-4-6-15(9-13)25-12-32-11-16(21(27)30-2)19(25)22(28)31-3/h4-10H,11-12H2,1-3H3,(H,24,26). The number of methoxy groups -OCH3 is 3. The molecule has 0 aromatic heterocycles. The number of benzene rings is 2. The Labute approximate surface area is 189 Å². The van der Waals surface area contributed by atoms with Crippen molar-refractivity contribution in [3.05, 3.63) is 64.3 Å². The molecule has 1 heterocycles. The van der Waals surface area contributed by atoms with Crippen LogP contribution in [0.4, 0.5) is 11.4 Å². The number of anilines is 2. The van der Waals surface area contributed by atoms with Gasteiger partial charge < -0.3 is 29.2 Å². The molecule has 10 heteroatoms. The molecule has 0 saturated heterocycles. The molecule has 1 N–H and O–H groups in total. The monoisotopic (exact) mass is 460 g/mol. The first-order chi connectivity index (χ1) is 15.4. The largest absolute Gasteiger partial charge is 0.495 e. The number of amides is 1. The van der Waals surface area contributed by atoms with Crippen molar-refractivity contribution in [2.45, 2.75) is 0 Å². The summed E-state index contributed by atoms with van der Waals surface area (Å²) in [5.74, 6) is -1.42. The lowest BCUT2D eigenvalue weighted by atomic mass is 10.1. The lowest BCUT2D eigenvalue weighted by molar-refractivity contribution is -0.140. The summed E-state index contributed by atoms with van der Waals surface area (Å²) >= 11 is 6.03. The van der Waals surface area contributed by atoms with Crippen molar-refractivity contribution in [3.8, 4) is 5.75 Å². The summed E-state index contributed by atoms with van der Waals surface area (Å²) < 4.78 is 20.3. The molecule has 1 aliphatic heterocycles. The van der Waals surface area contributed by atoms with Gasteiger partial charge >= 0.3 is 11.9 Å². The first kappa shape index (κ1) is 23.1. The Kier molecular flexibility index (Phi) is 7.34. The van der Waals surface area contributed by atoms with E-state index in [2.05, 4.69) is 5.32 Å². The van der Waals surface area contributed by atoms with Crippen LogP contribution in [0.1, 0.15) is 10.4 Å². The highest BCUT2D eigenvalue weighted by molar-refractivity contribution is 6.31. The van der Waals surface area contributed by atoms with E-state index in [1.165, 1.54) is 26.2 Å². The Morgan fingerprint density at radius 2 is 1.78 bits per heavy atom. The van der Waals surface area contributed by atoms with E-state index in [1.54, 1.807) is 42.5 Å². The normalized spacial score (nSPS) is 13.4. The Morgan fingerprint density at radius 1 is 1.03 bits per heavy atom. The van der Waals surface area contributed by atoms with Crippen molar-refractivity contribution in [1.29, 1.82) is 0 Å². The van der Waals surface area contributed by atoms with E-state index < -0.39 is 17.8 Å². The van der Waals surface area contributed by atoms with Crippen molar-refractivity contribution in [3.63, 3.8) is 0 Å². The summed E-state index contributed by atoms with van der Waals surface area (Å²) in [7, 11) is 3.90. The lowest BCUT2D eigenvalue weighted by Crippen LogP contribution is -2.38. The maximum Gasteiger partial charge on any atom is 0.355 e. The van der Waals surface area contributed by atoms with Crippen molar-refractivity contribution in [1.82, 2.24) is 0 Å². The van der Waals surface area contributed by atoms with Gasteiger partial charge in [-0.3, -0.25) is 4.79 Å². The molecule has 9 nitrogen and oxygen atoms in total. The van der Waals surface area contributed by atoms with Crippen molar-refractivity contribution in [2.24, 2.45) is 0 Å². The van der Waals surface area contributed by atoms with E-state index >= 15 is 0 Å². The molecule has 0 fully saturated rings. The van der Waals surface area contributed by atoms with Crippen LogP contribution in [0.15, 0.2) is 53.7 Å². The molecule has 2 aromatic carbocycles.